The molecule has 0 saturated heterocycles. The molecule has 0 saturated carbocycles. The first-order valence-corrected chi connectivity index (χ1v) is 4.82. The highest BCUT2D eigenvalue weighted by atomic mass is 16.3. The van der Waals surface area contributed by atoms with Gasteiger partial charge in [0, 0.05) is 18.0 Å². The molecular formula is C12H12N2O. The van der Waals surface area contributed by atoms with E-state index in [4.69, 9.17) is 0 Å². The van der Waals surface area contributed by atoms with Gasteiger partial charge in [-0.3, -0.25) is 9.97 Å². The summed E-state index contributed by atoms with van der Waals surface area (Å²) < 4.78 is 0. The molecule has 0 bridgehead atoms. The third-order valence-electron chi connectivity index (χ3n) is 2.23. The van der Waals surface area contributed by atoms with E-state index < -0.39 is 6.10 Å². The summed E-state index contributed by atoms with van der Waals surface area (Å²) in [6, 6.07) is 7.68. The largest absolute Gasteiger partial charge is 0.389 e. The normalized spacial score (nSPS) is 12.4. The maximum absolute atomic E-state index is 9.46. The summed E-state index contributed by atoms with van der Waals surface area (Å²) in [6.07, 6.45) is 4.55. The second-order valence-electron chi connectivity index (χ2n) is 3.39. The zero-order valence-corrected chi connectivity index (χ0v) is 8.46. The number of benzene rings is 1. The van der Waals surface area contributed by atoms with E-state index in [1.165, 1.54) is 0 Å². The standard InChI is InChI=1S/C12H12N2O/c1-9(15)10-3-2-4-11(7-10)12-8-13-5-6-14-12/h2-9,15H,1H3. The molecule has 1 N–H and O–H groups in total. The molecule has 76 valence electrons. The van der Waals surface area contributed by atoms with Crippen molar-refractivity contribution in [2.75, 3.05) is 0 Å². The second-order valence-corrected chi connectivity index (χ2v) is 3.39. The van der Waals surface area contributed by atoms with Crippen LogP contribution in [0.5, 0.6) is 0 Å². The van der Waals surface area contributed by atoms with Crippen LogP contribution < -0.4 is 0 Å². The van der Waals surface area contributed by atoms with E-state index in [1.807, 2.05) is 24.3 Å². The Kier molecular flexibility index (Phi) is 2.74. The lowest BCUT2D eigenvalue weighted by Gasteiger charge is -2.06. The molecule has 0 fully saturated rings. The number of aliphatic hydroxyl groups is 1. The highest BCUT2D eigenvalue weighted by Crippen LogP contribution is 2.20. The molecule has 3 heteroatoms. The van der Waals surface area contributed by atoms with Gasteiger partial charge in [0.05, 0.1) is 18.0 Å². The van der Waals surface area contributed by atoms with Gasteiger partial charge in [0.1, 0.15) is 0 Å². The van der Waals surface area contributed by atoms with Crippen molar-refractivity contribution in [1.29, 1.82) is 0 Å². The molecule has 0 aliphatic heterocycles. The zero-order valence-electron chi connectivity index (χ0n) is 8.46. The molecule has 1 atom stereocenters. The predicted octanol–water partition coefficient (Wildman–Crippen LogP) is 2.20. The summed E-state index contributed by atoms with van der Waals surface area (Å²) in [5.74, 6) is 0. The minimum absolute atomic E-state index is 0.457. The molecule has 0 radical (unpaired) electrons. The first-order valence-electron chi connectivity index (χ1n) is 4.82. The number of hydrogen-bond donors (Lipinski definition) is 1. The Morgan fingerprint density at radius 3 is 2.80 bits per heavy atom. The Bertz CT molecular complexity index is 440. The molecule has 0 spiro atoms. The third kappa shape index (κ3) is 2.19. The monoisotopic (exact) mass is 200 g/mol. The molecule has 2 rings (SSSR count). The lowest BCUT2D eigenvalue weighted by molar-refractivity contribution is 0.199. The van der Waals surface area contributed by atoms with Crippen LogP contribution in [0.2, 0.25) is 0 Å². The minimum Gasteiger partial charge on any atom is -0.389 e. The topological polar surface area (TPSA) is 46.0 Å². The molecule has 1 heterocycles. The van der Waals surface area contributed by atoms with Gasteiger partial charge in [-0.05, 0) is 18.6 Å². The smallest absolute Gasteiger partial charge is 0.0885 e. The maximum Gasteiger partial charge on any atom is 0.0885 e. The molecule has 1 unspecified atom stereocenters. The average molecular weight is 200 g/mol. The van der Waals surface area contributed by atoms with E-state index in [0.29, 0.717) is 0 Å². The molecule has 0 amide bonds. The van der Waals surface area contributed by atoms with Crippen LogP contribution >= 0.6 is 0 Å². The Labute approximate surface area is 88.5 Å². The molecule has 0 aliphatic carbocycles. The van der Waals surface area contributed by atoms with Crippen molar-refractivity contribution in [3.8, 4) is 11.3 Å². The van der Waals surface area contributed by atoms with Crippen molar-refractivity contribution in [2.45, 2.75) is 13.0 Å². The van der Waals surface area contributed by atoms with Crippen molar-refractivity contribution in [3.63, 3.8) is 0 Å². The van der Waals surface area contributed by atoms with E-state index >= 15 is 0 Å². The summed E-state index contributed by atoms with van der Waals surface area (Å²) in [7, 11) is 0. The first-order chi connectivity index (χ1) is 7.27. The van der Waals surface area contributed by atoms with Crippen molar-refractivity contribution < 1.29 is 5.11 Å². The van der Waals surface area contributed by atoms with Gasteiger partial charge in [-0.2, -0.15) is 0 Å². The molecule has 0 aliphatic rings. The van der Waals surface area contributed by atoms with Gasteiger partial charge < -0.3 is 5.11 Å². The summed E-state index contributed by atoms with van der Waals surface area (Å²) >= 11 is 0. The Hall–Kier alpha value is -1.74. The Balaban J connectivity index is 2.42. The third-order valence-corrected chi connectivity index (χ3v) is 2.23. The minimum atomic E-state index is -0.457. The van der Waals surface area contributed by atoms with Gasteiger partial charge in [-0.25, -0.2) is 0 Å². The van der Waals surface area contributed by atoms with E-state index in [2.05, 4.69) is 9.97 Å². The van der Waals surface area contributed by atoms with E-state index in [9.17, 15) is 5.11 Å². The van der Waals surface area contributed by atoms with E-state index in [-0.39, 0.29) is 0 Å². The fourth-order valence-electron chi connectivity index (χ4n) is 1.41. The number of aromatic nitrogens is 2. The number of hydrogen-bond acceptors (Lipinski definition) is 3. The summed E-state index contributed by atoms with van der Waals surface area (Å²) in [6.45, 7) is 1.75. The molecular weight excluding hydrogens is 188 g/mol. The van der Waals surface area contributed by atoms with Gasteiger partial charge in [0.25, 0.3) is 0 Å². The molecule has 3 nitrogen and oxygen atoms in total. The van der Waals surface area contributed by atoms with Crippen LogP contribution in [0.25, 0.3) is 11.3 Å². The summed E-state index contributed by atoms with van der Waals surface area (Å²) in [5.41, 5.74) is 2.68. The van der Waals surface area contributed by atoms with Gasteiger partial charge in [-0.1, -0.05) is 18.2 Å². The highest BCUT2D eigenvalue weighted by molar-refractivity contribution is 5.58. The van der Waals surface area contributed by atoms with Crippen molar-refractivity contribution in [2.24, 2.45) is 0 Å². The first kappa shape index (κ1) is 9.80. The second kappa shape index (κ2) is 4.19. The molecule has 15 heavy (non-hydrogen) atoms. The fourth-order valence-corrected chi connectivity index (χ4v) is 1.41. The fraction of sp³-hybridized carbons (Fsp3) is 0.167. The van der Waals surface area contributed by atoms with Crippen LogP contribution in [0.1, 0.15) is 18.6 Å². The van der Waals surface area contributed by atoms with Crippen molar-refractivity contribution in [1.82, 2.24) is 9.97 Å². The Morgan fingerprint density at radius 1 is 1.27 bits per heavy atom. The van der Waals surface area contributed by atoms with E-state index in [0.717, 1.165) is 16.8 Å². The van der Waals surface area contributed by atoms with Crippen molar-refractivity contribution >= 4 is 0 Å². The van der Waals surface area contributed by atoms with Crippen LogP contribution in [0.4, 0.5) is 0 Å². The predicted molar refractivity (Wildman–Crippen MR) is 58.1 cm³/mol. The lowest BCUT2D eigenvalue weighted by atomic mass is 10.1. The van der Waals surface area contributed by atoms with Gasteiger partial charge in [-0.15, -0.1) is 0 Å². The number of rotatable bonds is 2. The summed E-state index contributed by atoms with van der Waals surface area (Å²) in [5, 5.41) is 9.46. The van der Waals surface area contributed by atoms with Crippen LogP contribution in [0.15, 0.2) is 42.9 Å². The Morgan fingerprint density at radius 2 is 2.13 bits per heavy atom. The van der Waals surface area contributed by atoms with Crippen LogP contribution in [-0.2, 0) is 0 Å². The van der Waals surface area contributed by atoms with Crippen LogP contribution in [0.3, 0.4) is 0 Å². The molecule has 1 aromatic heterocycles. The van der Waals surface area contributed by atoms with E-state index in [1.54, 1.807) is 25.5 Å². The molecule has 1 aromatic carbocycles. The number of aliphatic hydroxyl groups excluding tert-OH is 1. The molecule has 2 aromatic rings. The highest BCUT2D eigenvalue weighted by Gasteiger charge is 2.03. The van der Waals surface area contributed by atoms with Crippen molar-refractivity contribution in [3.05, 3.63) is 48.4 Å². The lowest BCUT2D eigenvalue weighted by Crippen LogP contribution is -1.92. The van der Waals surface area contributed by atoms with Gasteiger partial charge in [0.2, 0.25) is 0 Å². The SMILES string of the molecule is CC(O)c1cccc(-c2cnccn2)c1. The summed E-state index contributed by atoms with van der Waals surface area (Å²) in [4.78, 5) is 8.22. The van der Waals surface area contributed by atoms with Gasteiger partial charge >= 0.3 is 0 Å². The zero-order chi connectivity index (χ0) is 10.7. The van der Waals surface area contributed by atoms with Crippen LogP contribution in [-0.4, -0.2) is 15.1 Å². The quantitative estimate of drug-likeness (QED) is 0.808. The number of nitrogens with zero attached hydrogens (tertiary/aromatic N) is 2. The average Bonchev–Trinajstić information content (AvgIpc) is 2.30. The van der Waals surface area contributed by atoms with Crippen LogP contribution in [0, 0.1) is 0 Å². The maximum atomic E-state index is 9.46. The van der Waals surface area contributed by atoms with Gasteiger partial charge in [0.15, 0.2) is 0 Å².